The first-order valence-corrected chi connectivity index (χ1v) is 18.0. The van der Waals surface area contributed by atoms with Gasteiger partial charge in [0.15, 0.2) is 8.07 Å². The summed E-state index contributed by atoms with van der Waals surface area (Å²) in [6, 6.07) is 66.1. The van der Waals surface area contributed by atoms with E-state index < -0.39 is 8.07 Å². The predicted molar refractivity (Wildman–Crippen MR) is 199 cm³/mol. The summed E-state index contributed by atoms with van der Waals surface area (Å²) >= 11 is 0. The highest BCUT2D eigenvalue weighted by molar-refractivity contribution is 7.19. The van der Waals surface area contributed by atoms with Gasteiger partial charge in [-0.05, 0) is 51.1 Å². The molecule has 0 unspecified atom stereocenters. The second-order valence-electron chi connectivity index (χ2n) is 11.9. The van der Waals surface area contributed by atoms with E-state index in [9.17, 15) is 10.5 Å². The highest BCUT2D eigenvalue weighted by Gasteiger charge is 2.41. The second kappa shape index (κ2) is 12.0. The van der Waals surface area contributed by atoms with Gasteiger partial charge in [-0.15, -0.1) is 0 Å². The van der Waals surface area contributed by atoms with Crippen molar-refractivity contribution < 1.29 is 0 Å². The highest BCUT2D eigenvalue weighted by atomic mass is 28.3. The lowest BCUT2D eigenvalue weighted by Crippen LogP contribution is -2.74. The molecule has 0 fully saturated rings. The molecule has 224 valence electrons. The predicted octanol–water partition coefficient (Wildman–Crippen LogP) is 7.57. The van der Waals surface area contributed by atoms with Crippen molar-refractivity contribution in [1.29, 1.82) is 10.5 Å². The van der Waals surface area contributed by atoms with Gasteiger partial charge < -0.3 is 4.57 Å². The van der Waals surface area contributed by atoms with E-state index in [0.717, 1.165) is 33.0 Å². The fraction of sp³-hybridized carbons (Fsp3) is 0. The maximum absolute atomic E-state index is 10.6. The van der Waals surface area contributed by atoms with E-state index in [1.54, 1.807) is 0 Å². The van der Waals surface area contributed by atoms with Crippen molar-refractivity contribution >= 4 is 50.6 Å². The Hall–Kier alpha value is -6.46. The summed E-state index contributed by atoms with van der Waals surface area (Å²) in [5, 5.41) is 28.3. The number of fused-ring (bicyclic) bond motifs is 3. The third kappa shape index (κ3) is 4.55. The van der Waals surface area contributed by atoms with E-state index in [0.29, 0.717) is 11.1 Å². The molecule has 0 aliphatic heterocycles. The van der Waals surface area contributed by atoms with Gasteiger partial charge in [-0.3, -0.25) is 0 Å². The smallest absolute Gasteiger partial charge is 0.179 e. The van der Waals surface area contributed by atoms with Crippen LogP contribution in [0.3, 0.4) is 0 Å². The molecule has 1 heterocycles. The quantitative estimate of drug-likeness (QED) is 0.141. The normalized spacial score (nSPS) is 11.3. The van der Waals surface area contributed by atoms with E-state index in [1.807, 2.05) is 30.3 Å². The molecule has 0 aliphatic carbocycles. The van der Waals surface area contributed by atoms with Crippen LogP contribution in [0.4, 0.5) is 0 Å². The summed E-state index contributed by atoms with van der Waals surface area (Å²) in [4.78, 5) is 0. The molecule has 48 heavy (non-hydrogen) atoms. The summed E-state index contributed by atoms with van der Waals surface area (Å²) in [7, 11) is -2.84. The third-order valence-electron chi connectivity index (χ3n) is 9.45. The maximum atomic E-state index is 10.6. The monoisotopic (exact) mass is 627 g/mol. The molecule has 0 saturated carbocycles. The minimum Gasteiger partial charge on any atom is -0.309 e. The number of hydrogen-bond donors (Lipinski definition) is 0. The molecule has 8 aromatic rings. The second-order valence-corrected chi connectivity index (χ2v) is 15.7. The lowest BCUT2D eigenvalue weighted by Gasteiger charge is -2.34. The van der Waals surface area contributed by atoms with Crippen LogP contribution in [-0.4, -0.2) is 12.6 Å². The number of para-hydroxylation sites is 2. The van der Waals surface area contributed by atoms with Gasteiger partial charge in [-0.25, -0.2) is 0 Å². The number of benzene rings is 7. The van der Waals surface area contributed by atoms with Gasteiger partial charge in [0, 0.05) is 27.6 Å². The molecule has 4 heteroatoms. The Bertz CT molecular complexity index is 2370. The molecule has 0 bridgehead atoms. The molecule has 0 saturated heterocycles. The molecule has 0 amide bonds. The molecule has 3 nitrogen and oxygen atoms in total. The van der Waals surface area contributed by atoms with E-state index in [4.69, 9.17) is 0 Å². The van der Waals surface area contributed by atoms with Crippen LogP contribution in [0, 0.1) is 22.7 Å². The molecule has 8 rings (SSSR count). The number of nitriles is 2. The number of nitrogens with zero attached hydrogens (tertiary/aromatic N) is 3. The minimum absolute atomic E-state index is 0.523. The lowest BCUT2D eigenvalue weighted by atomic mass is 9.95. The zero-order valence-corrected chi connectivity index (χ0v) is 27.1. The van der Waals surface area contributed by atoms with Crippen molar-refractivity contribution in [2.24, 2.45) is 0 Å². The first kappa shape index (κ1) is 29.0. The summed E-state index contributed by atoms with van der Waals surface area (Å²) in [6.07, 6.45) is 0. The Morgan fingerprint density at radius 3 is 1.38 bits per heavy atom. The Morgan fingerprint density at radius 1 is 0.396 bits per heavy atom. The summed E-state index contributed by atoms with van der Waals surface area (Å²) < 4.78 is 2.22. The Labute approximate surface area is 280 Å². The molecule has 0 aliphatic rings. The fourth-order valence-electron chi connectivity index (χ4n) is 7.36. The van der Waals surface area contributed by atoms with Crippen molar-refractivity contribution in [2.75, 3.05) is 0 Å². The molecule has 0 radical (unpaired) electrons. The molecular weight excluding hydrogens is 599 g/mol. The third-order valence-corrected chi connectivity index (χ3v) is 14.2. The van der Waals surface area contributed by atoms with Crippen molar-refractivity contribution in [3.05, 3.63) is 187 Å². The molecular formula is C44H29N3Si. The number of rotatable bonds is 6. The largest absolute Gasteiger partial charge is 0.309 e. The minimum atomic E-state index is -2.84. The van der Waals surface area contributed by atoms with E-state index in [2.05, 4.69) is 162 Å². The van der Waals surface area contributed by atoms with Crippen molar-refractivity contribution in [3.8, 4) is 29.0 Å². The highest BCUT2D eigenvalue weighted by Crippen LogP contribution is 2.34. The van der Waals surface area contributed by atoms with Crippen molar-refractivity contribution in [2.45, 2.75) is 0 Å². The van der Waals surface area contributed by atoms with Crippen LogP contribution in [0.2, 0.25) is 0 Å². The first-order chi connectivity index (χ1) is 23.7. The van der Waals surface area contributed by atoms with Gasteiger partial charge in [0.2, 0.25) is 0 Å². The van der Waals surface area contributed by atoms with E-state index in [-0.39, 0.29) is 0 Å². The van der Waals surface area contributed by atoms with Crippen LogP contribution in [0.15, 0.2) is 176 Å². The lowest BCUT2D eigenvalue weighted by molar-refractivity contribution is 1.18. The average molecular weight is 628 g/mol. The summed E-state index contributed by atoms with van der Waals surface area (Å²) in [6.45, 7) is 0. The van der Waals surface area contributed by atoms with Crippen LogP contribution in [0.1, 0.15) is 11.1 Å². The SMILES string of the molecule is N#Cc1cc(-n2c3ccccc3c3ccccc32)ccc1-c1cc([Si](c2ccccc2)(c2ccccc2)c2ccccc2)ccc1C#N. The van der Waals surface area contributed by atoms with Gasteiger partial charge in [0.1, 0.15) is 0 Å². The first-order valence-electron chi connectivity index (χ1n) is 16.0. The average Bonchev–Trinajstić information content (AvgIpc) is 3.50. The molecule has 7 aromatic carbocycles. The Balaban J connectivity index is 1.38. The van der Waals surface area contributed by atoms with Gasteiger partial charge in [-0.2, -0.15) is 10.5 Å². The summed E-state index contributed by atoms with van der Waals surface area (Å²) in [5.41, 5.74) is 5.65. The fourth-order valence-corrected chi connectivity index (χ4v) is 12.1. The molecule has 0 spiro atoms. The number of hydrogen-bond acceptors (Lipinski definition) is 2. The Morgan fingerprint density at radius 2 is 0.875 bits per heavy atom. The van der Waals surface area contributed by atoms with Crippen LogP contribution >= 0.6 is 0 Å². The number of aromatic nitrogens is 1. The maximum Gasteiger partial charge on any atom is 0.179 e. The zero-order chi connectivity index (χ0) is 32.5. The zero-order valence-electron chi connectivity index (χ0n) is 26.1. The molecule has 0 atom stereocenters. The Kier molecular flexibility index (Phi) is 7.27. The van der Waals surface area contributed by atoms with Gasteiger partial charge in [-0.1, -0.05) is 146 Å². The van der Waals surface area contributed by atoms with E-state index >= 15 is 0 Å². The van der Waals surface area contributed by atoms with Gasteiger partial charge >= 0.3 is 0 Å². The van der Waals surface area contributed by atoms with Crippen molar-refractivity contribution in [1.82, 2.24) is 4.57 Å². The summed E-state index contributed by atoms with van der Waals surface area (Å²) in [5.74, 6) is 0. The van der Waals surface area contributed by atoms with Crippen molar-refractivity contribution in [3.63, 3.8) is 0 Å². The molecule has 1 aromatic heterocycles. The van der Waals surface area contributed by atoms with Crippen LogP contribution in [0.5, 0.6) is 0 Å². The molecule has 0 N–H and O–H groups in total. The topological polar surface area (TPSA) is 52.5 Å². The van der Waals surface area contributed by atoms with Crippen LogP contribution in [-0.2, 0) is 0 Å². The van der Waals surface area contributed by atoms with Gasteiger partial charge in [0.25, 0.3) is 0 Å². The standard InChI is InChI=1S/C44H29N3Si/c45-30-32-24-26-38(48(35-14-4-1-5-15-35,36-16-6-2-7-17-36)37-18-8-3-9-19-37)29-42(32)39-27-25-34(28-33(39)31-46)47-43-22-12-10-20-40(43)41-21-11-13-23-44(41)47/h1-29H. The van der Waals surface area contributed by atoms with Gasteiger partial charge in [0.05, 0.1) is 34.3 Å². The van der Waals surface area contributed by atoms with E-state index in [1.165, 1.54) is 26.3 Å². The van der Waals surface area contributed by atoms with Crippen LogP contribution in [0.25, 0.3) is 38.6 Å². The van der Waals surface area contributed by atoms with Crippen LogP contribution < -0.4 is 20.7 Å².